The molecule has 4 heteroatoms. The van der Waals surface area contributed by atoms with Crippen LogP contribution in [-0.4, -0.2) is 18.5 Å². The second-order valence-corrected chi connectivity index (χ2v) is 5.22. The highest BCUT2D eigenvalue weighted by Crippen LogP contribution is 2.22. The molecule has 2 N–H and O–H groups in total. The normalized spacial score (nSPS) is 20.7. The Bertz CT molecular complexity index is 416. The summed E-state index contributed by atoms with van der Waals surface area (Å²) in [5.74, 6) is 0.0850. The topological polar surface area (TPSA) is 41.1 Å². The highest BCUT2D eigenvalue weighted by atomic mass is 35.5. The Balaban J connectivity index is 1.88. The monoisotopic (exact) mass is 266 g/mol. The molecule has 1 saturated heterocycles. The summed E-state index contributed by atoms with van der Waals surface area (Å²) in [7, 11) is 0. The Labute approximate surface area is 113 Å². The van der Waals surface area contributed by atoms with Crippen LogP contribution in [0.25, 0.3) is 0 Å². The van der Waals surface area contributed by atoms with E-state index >= 15 is 0 Å². The first kappa shape index (κ1) is 13.4. The van der Waals surface area contributed by atoms with Gasteiger partial charge >= 0.3 is 0 Å². The third-order valence-electron chi connectivity index (χ3n) is 3.34. The van der Waals surface area contributed by atoms with Gasteiger partial charge in [0.05, 0.1) is 6.04 Å². The fraction of sp³-hybridized carbons (Fsp3) is 0.500. The summed E-state index contributed by atoms with van der Waals surface area (Å²) in [5.41, 5.74) is 0.965. The van der Waals surface area contributed by atoms with Crippen molar-refractivity contribution in [3.05, 3.63) is 34.9 Å². The van der Waals surface area contributed by atoms with Crippen molar-refractivity contribution in [2.45, 2.75) is 38.3 Å². The summed E-state index contributed by atoms with van der Waals surface area (Å²) < 4.78 is 0. The number of nitrogens with one attached hydrogen (secondary N) is 2. The molecule has 1 aliphatic heterocycles. The Morgan fingerprint density at radius 1 is 1.56 bits per heavy atom. The molecule has 1 amide bonds. The quantitative estimate of drug-likeness (QED) is 0.880. The minimum atomic E-state index is -0.0485. The van der Waals surface area contributed by atoms with E-state index in [0.29, 0.717) is 17.5 Å². The van der Waals surface area contributed by atoms with Crippen LogP contribution in [0.5, 0.6) is 0 Å². The van der Waals surface area contributed by atoms with Crippen molar-refractivity contribution in [3.63, 3.8) is 0 Å². The van der Waals surface area contributed by atoms with Crippen LogP contribution in [0.15, 0.2) is 24.3 Å². The Morgan fingerprint density at radius 2 is 2.33 bits per heavy atom. The van der Waals surface area contributed by atoms with Gasteiger partial charge in [-0.1, -0.05) is 29.8 Å². The smallest absolute Gasteiger partial charge is 0.222 e. The second-order valence-electron chi connectivity index (χ2n) is 4.81. The summed E-state index contributed by atoms with van der Waals surface area (Å²) in [6.07, 6.45) is 2.81. The zero-order valence-electron chi connectivity index (χ0n) is 10.6. The number of amides is 1. The van der Waals surface area contributed by atoms with E-state index < -0.39 is 0 Å². The Morgan fingerprint density at radius 3 is 3.00 bits per heavy atom. The van der Waals surface area contributed by atoms with Crippen LogP contribution in [0.4, 0.5) is 0 Å². The summed E-state index contributed by atoms with van der Waals surface area (Å²) in [6, 6.07) is 7.90. The summed E-state index contributed by atoms with van der Waals surface area (Å²) in [6.45, 7) is 2.99. The first-order valence-corrected chi connectivity index (χ1v) is 6.82. The molecule has 0 aromatic heterocycles. The predicted molar refractivity (Wildman–Crippen MR) is 73.7 cm³/mol. The fourth-order valence-electron chi connectivity index (χ4n) is 2.36. The van der Waals surface area contributed by atoms with E-state index in [1.165, 1.54) is 0 Å². The van der Waals surface area contributed by atoms with Gasteiger partial charge < -0.3 is 10.6 Å². The van der Waals surface area contributed by atoms with Gasteiger partial charge in [0.1, 0.15) is 0 Å². The van der Waals surface area contributed by atoms with Crippen LogP contribution in [0.3, 0.4) is 0 Å². The highest BCUT2D eigenvalue weighted by Gasteiger charge is 2.19. The van der Waals surface area contributed by atoms with E-state index in [9.17, 15) is 4.79 Å². The van der Waals surface area contributed by atoms with Crippen molar-refractivity contribution >= 4 is 17.5 Å². The maximum atomic E-state index is 11.9. The molecule has 1 fully saturated rings. The van der Waals surface area contributed by atoms with Crippen LogP contribution in [0, 0.1) is 0 Å². The SMILES string of the molecule is CC(NC(=O)CC1CCCN1)c1ccccc1Cl. The van der Waals surface area contributed by atoms with Gasteiger partial charge in [-0.25, -0.2) is 0 Å². The lowest BCUT2D eigenvalue weighted by Gasteiger charge is -2.17. The van der Waals surface area contributed by atoms with Crippen LogP contribution < -0.4 is 10.6 Å². The second kappa shape index (κ2) is 6.21. The minimum absolute atomic E-state index is 0.0485. The average molecular weight is 267 g/mol. The lowest BCUT2D eigenvalue weighted by Crippen LogP contribution is -2.33. The summed E-state index contributed by atoms with van der Waals surface area (Å²) >= 11 is 6.11. The summed E-state index contributed by atoms with van der Waals surface area (Å²) in [5, 5.41) is 7.02. The maximum absolute atomic E-state index is 11.9. The lowest BCUT2D eigenvalue weighted by atomic mass is 10.1. The largest absolute Gasteiger partial charge is 0.349 e. The molecule has 1 aliphatic rings. The molecule has 98 valence electrons. The summed E-state index contributed by atoms with van der Waals surface area (Å²) in [4.78, 5) is 11.9. The van der Waals surface area contributed by atoms with Crippen molar-refractivity contribution < 1.29 is 4.79 Å². The van der Waals surface area contributed by atoms with Gasteiger partial charge in [-0.2, -0.15) is 0 Å². The van der Waals surface area contributed by atoms with Gasteiger partial charge in [0, 0.05) is 17.5 Å². The van der Waals surface area contributed by atoms with Crippen LogP contribution >= 0.6 is 11.6 Å². The predicted octanol–water partition coefficient (Wildman–Crippen LogP) is 2.66. The van der Waals surface area contributed by atoms with E-state index in [1.54, 1.807) is 0 Å². The first-order chi connectivity index (χ1) is 8.66. The molecule has 1 aromatic rings. The van der Waals surface area contributed by atoms with E-state index in [4.69, 9.17) is 11.6 Å². The number of rotatable bonds is 4. The van der Waals surface area contributed by atoms with Crippen molar-refractivity contribution in [2.24, 2.45) is 0 Å². The molecule has 1 aromatic carbocycles. The molecular weight excluding hydrogens is 248 g/mol. The number of carbonyl (C=O) groups is 1. The number of hydrogen-bond acceptors (Lipinski definition) is 2. The molecule has 0 aliphatic carbocycles. The number of halogens is 1. The molecule has 0 spiro atoms. The van der Waals surface area contributed by atoms with Crippen molar-refractivity contribution in [2.75, 3.05) is 6.54 Å². The molecule has 2 unspecified atom stereocenters. The lowest BCUT2D eigenvalue weighted by molar-refractivity contribution is -0.122. The maximum Gasteiger partial charge on any atom is 0.222 e. The van der Waals surface area contributed by atoms with Crippen molar-refractivity contribution in [1.82, 2.24) is 10.6 Å². The van der Waals surface area contributed by atoms with Gasteiger partial charge in [0.2, 0.25) is 5.91 Å². The van der Waals surface area contributed by atoms with Gasteiger partial charge in [-0.15, -0.1) is 0 Å². The van der Waals surface area contributed by atoms with Crippen LogP contribution in [0.1, 0.15) is 37.8 Å². The van der Waals surface area contributed by atoms with E-state index in [2.05, 4.69) is 10.6 Å². The molecule has 2 rings (SSSR count). The molecule has 0 bridgehead atoms. The third-order valence-corrected chi connectivity index (χ3v) is 3.69. The number of carbonyl (C=O) groups excluding carboxylic acids is 1. The Hall–Kier alpha value is -1.06. The molecule has 0 saturated carbocycles. The molecule has 3 nitrogen and oxygen atoms in total. The molecule has 18 heavy (non-hydrogen) atoms. The van der Waals surface area contributed by atoms with E-state index in [1.807, 2.05) is 31.2 Å². The standard InChI is InChI=1S/C14H19ClN2O/c1-10(12-6-2-3-7-13(12)15)17-14(18)9-11-5-4-8-16-11/h2-3,6-7,10-11,16H,4-5,8-9H2,1H3,(H,17,18). The van der Waals surface area contributed by atoms with Gasteiger partial charge in [-0.05, 0) is 37.9 Å². The number of hydrogen-bond donors (Lipinski definition) is 2. The van der Waals surface area contributed by atoms with E-state index in [0.717, 1.165) is 24.9 Å². The Kier molecular flexibility index (Phi) is 4.61. The fourth-order valence-corrected chi connectivity index (χ4v) is 2.66. The first-order valence-electron chi connectivity index (χ1n) is 6.44. The number of benzene rings is 1. The minimum Gasteiger partial charge on any atom is -0.349 e. The third kappa shape index (κ3) is 3.47. The molecule has 1 heterocycles. The van der Waals surface area contributed by atoms with Gasteiger partial charge in [-0.3, -0.25) is 4.79 Å². The van der Waals surface area contributed by atoms with Crippen LogP contribution in [0.2, 0.25) is 5.02 Å². The van der Waals surface area contributed by atoms with Gasteiger partial charge in [0.15, 0.2) is 0 Å². The molecule has 0 radical (unpaired) electrons. The zero-order chi connectivity index (χ0) is 13.0. The zero-order valence-corrected chi connectivity index (χ0v) is 11.3. The highest BCUT2D eigenvalue weighted by molar-refractivity contribution is 6.31. The molecule has 2 atom stereocenters. The van der Waals surface area contributed by atoms with Crippen molar-refractivity contribution in [3.8, 4) is 0 Å². The van der Waals surface area contributed by atoms with Crippen LogP contribution in [-0.2, 0) is 4.79 Å². The average Bonchev–Trinajstić information content (AvgIpc) is 2.82. The van der Waals surface area contributed by atoms with Crippen molar-refractivity contribution in [1.29, 1.82) is 0 Å². The molecular formula is C14H19ClN2O. The van der Waals surface area contributed by atoms with E-state index in [-0.39, 0.29) is 11.9 Å². The van der Waals surface area contributed by atoms with Gasteiger partial charge in [0.25, 0.3) is 0 Å².